The summed E-state index contributed by atoms with van der Waals surface area (Å²) in [5.41, 5.74) is 1.24. The molecule has 1 aliphatic heterocycles. The Hall–Kier alpha value is -3.17. The quantitative estimate of drug-likeness (QED) is 0.395. The van der Waals surface area contributed by atoms with Crippen LogP contribution in [0.3, 0.4) is 0 Å². The fraction of sp³-hybridized carbons (Fsp3) is 0.429. The molecule has 3 saturated carbocycles. The molecule has 0 spiro atoms. The third-order valence-corrected chi connectivity index (χ3v) is 8.94. The molecule has 37 heavy (non-hydrogen) atoms. The molecule has 4 fully saturated rings. The van der Waals surface area contributed by atoms with Crippen LogP contribution in [-0.2, 0) is 25.3 Å². The van der Waals surface area contributed by atoms with E-state index in [2.05, 4.69) is 31.4 Å². The van der Waals surface area contributed by atoms with Gasteiger partial charge in [-0.2, -0.15) is 0 Å². The van der Waals surface area contributed by atoms with Crippen molar-refractivity contribution in [2.45, 2.75) is 57.7 Å². The lowest BCUT2D eigenvalue weighted by Gasteiger charge is -2.64. The largest absolute Gasteiger partial charge is 0.482 e. The Bertz CT molecular complexity index is 1380. The van der Waals surface area contributed by atoms with Gasteiger partial charge < -0.3 is 24.4 Å². The molecule has 1 aromatic heterocycles. The van der Waals surface area contributed by atoms with E-state index >= 15 is 0 Å². The van der Waals surface area contributed by atoms with Gasteiger partial charge in [-0.25, -0.2) is 4.39 Å². The summed E-state index contributed by atoms with van der Waals surface area (Å²) in [7, 11) is -0.746. The van der Waals surface area contributed by atoms with Gasteiger partial charge in [-0.15, -0.1) is 0 Å². The number of anilines is 1. The highest BCUT2D eigenvalue weighted by Crippen LogP contribution is 2.65. The minimum Gasteiger partial charge on any atom is -0.464 e. The molecular formula is C28H30BFN2O5. The van der Waals surface area contributed by atoms with Crippen molar-refractivity contribution in [1.29, 1.82) is 0 Å². The van der Waals surface area contributed by atoms with Crippen molar-refractivity contribution in [3.63, 3.8) is 0 Å². The smallest absolute Gasteiger partial charge is 0.464 e. The zero-order valence-electron chi connectivity index (χ0n) is 21.1. The standard InChI is InChI=1S/C28H30BFN2O5/c1-27(2)17-13-22(27)28(3)23(14-17)36-29(37-28)24(12-16-15-35-21-11-7-4-8-18(16)21)32-26(34)25(33)31-20-10-6-5-9-19(20)30/h4-11,15,17,22-24H,12-14H2,1-3H3,(H,31,33)(H,32,34)/t17-,22-,23+,24-,28-/m0/s1. The third-order valence-electron chi connectivity index (χ3n) is 8.94. The first-order valence-corrected chi connectivity index (χ1v) is 12.8. The zero-order valence-corrected chi connectivity index (χ0v) is 21.1. The Balaban J connectivity index is 1.25. The molecule has 7 nitrogen and oxygen atoms in total. The van der Waals surface area contributed by atoms with Crippen molar-refractivity contribution in [3.05, 3.63) is 66.2 Å². The lowest BCUT2D eigenvalue weighted by molar-refractivity contribution is -0.199. The van der Waals surface area contributed by atoms with E-state index in [1.165, 1.54) is 18.2 Å². The third kappa shape index (κ3) is 3.96. The molecule has 4 aliphatic rings. The highest BCUT2D eigenvalue weighted by molar-refractivity contribution is 6.49. The number of fused-ring (bicyclic) bond motifs is 1. The molecule has 2 N–H and O–H groups in total. The van der Waals surface area contributed by atoms with Crippen LogP contribution in [0.5, 0.6) is 0 Å². The number of furan rings is 1. The minimum absolute atomic E-state index is 0.0612. The Labute approximate surface area is 215 Å². The number of nitrogens with one attached hydrogen (secondary N) is 2. The van der Waals surface area contributed by atoms with Crippen LogP contribution in [0.2, 0.25) is 0 Å². The van der Waals surface area contributed by atoms with Gasteiger partial charge in [-0.05, 0) is 67.2 Å². The van der Waals surface area contributed by atoms with Crippen LogP contribution in [0.25, 0.3) is 11.0 Å². The number of benzene rings is 2. The number of rotatable bonds is 5. The summed E-state index contributed by atoms with van der Waals surface area (Å²) in [4.78, 5) is 25.7. The molecule has 7 rings (SSSR count). The van der Waals surface area contributed by atoms with Crippen LogP contribution >= 0.6 is 0 Å². The maximum Gasteiger partial charge on any atom is 0.482 e. The van der Waals surface area contributed by atoms with Crippen molar-refractivity contribution >= 4 is 35.6 Å². The Morgan fingerprint density at radius 2 is 1.84 bits per heavy atom. The normalized spacial score (nSPS) is 28.3. The number of hydrogen-bond donors (Lipinski definition) is 2. The van der Waals surface area contributed by atoms with E-state index in [-0.39, 0.29) is 17.2 Å². The van der Waals surface area contributed by atoms with Gasteiger partial charge in [0.25, 0.3) is 0 Å². The number of hydrogen-bond acceptors (Lipinski definition) is 5. The summed E-state index contributed by atoms with van der Waals surface area (Å²) in [5, 5.41) is 6.08. The average Bonchev–Trinajstić information content (AvgIpc) is 3.45. The van der Waals surface area contributed by atoms with Gasteiger partial charge in [0.1, 0.15) is 11.4 Å². The summed E-state index contributed by atoms with van der Waals surface area (Å²) in [5.74, 6) is -2.21. The summed E-state index contributed by atoms with van der Waals surface area (Å²) in [6.07, 6.45) is 3.92. The second-order valence-corrected chi connectivity index (χ2v) is 11.3. The van der Waals surface area contributed by atoms with Gasteiger partial charge in [-0.1, -0.05) is 44.2 Å². The molecule has 2 heterocycles. The first-order valence-electron chi connectivity index (χ1n) is 12.8. The molecule has 0 radical (unpaired) electrons. The summed E-state index contributed by atoms with van der Waals surface area (Å²) < 4.78 is 32.8. The molecule has 2 bridgehead atoms. The van der Waals surface area contributed by atoms with Gasteiger partial charge in [-0.3, -0.25) is 9.59 Å². The van der Waals surface area contributed by atoms with E-state index < -0.39 is 36.3 Å². The second kappa shape index (κ2) is 8.70. The molecule has 192 valence electrons. The minimum atomic E-state index is -0.961. The highest BCUT2D eigenvalue weighted by Gasteiger charge is 2.68. The number of carbonyl (C=O) groups excluding carboxylic acids is 2. The molecule has 1 saturated heterocycles. The van der Waals surface area contributed by atoms with Crippen molar-refractivity contribution in [2.75, 3.05) is 5.32 Å². The van der Waals surface area contributed by atoms with E-state index in [4.69, 9.17) is 13.7 Å². The summed E-state index contributed by atoms with van der Waals surface area (Å²) in [6.45, 7) is 6.68. The molecular weight excluding hydrogens is 474 g/mol. The molecule has 3 aliphatic carbocycles. The van der Waals surface area contributed by atoms with Crippen LogP contribution in [0.15, 0.2) is 59.2 Å². The van der Waals surface area contributed by atoms with Crippen molar-refractivity contribution < 1.29 is 27.7 Å². The van der Waals surface area contributed by atoms with Crippen LogP contribution in [0.1, 0.15) is 39.2 Å². The first kappa shape index (κ1) is 24.2. The number of carbonyl (C=O) groups is 2. The van der Waals surface area contributed by atoms with E-state index in [9.17, 15) is 14.0 Å². The summed E-state index contributed by atoms with van der Waals surface area (Å²) in [6, 6.07) is 13.4. The average molecular weight is 504 g/mol. The fourth-order valence-corrected chi connectivity index (χ4v) is 6.69. The Morgan fingerprint density at radius 1 is 1.08 bits per heavy atom. The fourth-order valence-electron chi connectivity index (χ4n) is 6.69. The van der Waals surface area contributed by atoms with Gasteiger partial charge >= 0.3 is 18.9 Å². The molecule has 3 aromatic rings. The van der Waals surface area contributed by atoms with Gasteiger partial charge in [0.15, 0.2) is 0 Å². The topological polar surface area (TPSA) is 89.8 Å². The van der Waals surface area contributed by atoms with Crippen LogP contribution in [0, 0.1) is 23.1 Å². The molecule has 2 amide bonds. The maximum absolute atomic E-state index is 14.0. The monoisotopic (exact) mass is 504 g/mol. The predicted octanol–water partition coefficient (Wildman–Crippen LogP) is 4.51. The highest BCUT2D eigenvalue weighted by atomic mass is 19.1. The first-order chi connectivity index (χ1) is 17.7. The van der Waals surface area contributed by atoms with E-state index in [1.807, 2.05) is 24.3 Å². The molecule has 0 unspecified atom stereocenters. The summed E-state index contributed by atoms with van der Waals surface area (Å²) >= 11 is 0. The van der Waals surface area contributed by atoms with Crippen molar-refractivity contribution in [1.82, 2.24) is 5.32 Å². The lowest BCUT2D eigenvalue weighted by atomic mass is 9.43. The van der Waals surface area contributed by atoms with Crippen LogP contribution < -0.4 is 10.6 Å². The van der Waals surface area contributed by atoms with Gasteiger partial charge in [0, 0.05) is 5.39 Å². The lowest BCUT2D eigenvalue weighted by Crippen LogP contribution is -2.65. The maximum atomic E-state index is 14.0. The Kier molecular flexibility index (Phi) is 5.69. The SMILES string of the molecule is CC1(C)[C@@H]2C[C@H]3OB([C@H](Cc4coc5ccccc45)NC(=O)C(=O)Nc4ccccc4F)O[C@@]3(C)[C@H]1C2. The van der Waals surface area contributed by atoms with Crippen molar-refractivity contribution in [3.8, 4) is 0 Å². The second-order valence-electron chi connectivity index (χ2n) is 11.3. The number of amides is 2. The van der Waals surface area contributed by atoms with Crippen LogP contribution in [-0.4, -0.2) is 36.6 Å². The number of halogens is 1. The molecule has 5 atom stereocenters. The number of para-hydroxylation sites is 2. The van der Waals surface area contributed by atoms with Gasteiger partial charge in [0.2, 0.25) is 0 Å². The van der Waals surface area contributed by atoms with Gasteiger partial charge in [0.05, 0.1) is 29.6 Å². The van der Waals surface area contributed by atoms with Crippen LogP contribution in [0.4, 0.5) is 10.1 Å². The van der Waals surface area contributed by atoms with E-state index in [1.54, 1.807) is 12.3 Å². The Morgan fingerprint density at radius 3 is 2.62 bits per heavy atom. The zero-order chi connectivity index (χ0) is 25.9. The predicted molar refractivity (Wildman–Crippen MR) is 137 cm³/mol. The molecule has 2 aromatic carbocycles. The molecule has 9 heteroatoms. The van der Waals surface area contributed by atoms with E-state index in [0.717, 1.165) is 29.4 Å². The van der Waals surface area contributed by atoms with Crippen molar-refractivity contribution in [2.24, 2.45) is 17.3 Å². The van der Waals surface area contributed by atoms with E-state index in [0.29, 0.717) is 18.3 Å².